The Bertz CT molecular complexity index is 184. The molecule has 0 atom stereocenters. The first kappa shape index (κ1) is 12.9. The van der Waals surface area contributed by atoms with Crippen molar-refractivity contribution in [2.45, 2.75) is 58.6 Å². The van der Waals surface area contributed by atoms with E-state index < -0.39 is 0 Å². The lowest BCUT2D eigenvalue weighted by molar-refractivity contribution is -0.0426. The van der Waals surface area contributed by atoms with E-state index in [9.17, 15) is 0 Å². The van der Waals surface area contributed by atoms with Crippen LogP contribution in [0.15, 0.2) is 0 Å². The van der Waals surface area contributed by atoms with Gasteiger partial charge >= 0.3 is 0 Å². The molecule has 0 saturated carbocycles. The smallest absolute Gasteiger partial charge is 0.0840 e. The van der Waals surface area contributed by atoms with Gasteiger partial charge in [0, 0.05) is 6.04 Å². The van der Waals surface area contributed by atoms with Crippen LogP contribution in [0.1, 0.15) is 47.0 Å². The number of hydrogen-bond donors (Lipinski definition) is 1. The van der Waals surface area contributed by atoms with Crippen molar-refractivity contribution < 1.29 is 4.84 Å². The van der Waals surface area contributed by atoms with Gasteiger partial charge in [-0.2, -0.15) is 0 Å². The maximum absolute atomic E-state index is 5.29. The van der Waals surface area contributed by atoms with Crippen LogP contribution < -0.4 is 5.90 Å². The van der Waals surface area contributed by atoms with Crippen LogP contribution in [0.3, 0.4) is 0 Å². The number of hydrogen-bond acceptors (Lipinski definition) is 3. The van der Waals surface area contributed by atoms with Crippen molar-refractivity contribution >= 4 is 0 Å². The molecule has 1 saturated heterocycles. The van der Waals surface area contributed by atoms with E-state index in [0.717, 1.165) is 12.3 Å². The summed E-state index contributed by atoms with van der Waals surface area (Å²) in [6.45, 7) is 11.1. The van der Waals surface area contributed by atoms with Crippen molar-refractivity contribution in [3.05, 3.63) is 0 Å². The molecule has 0 spiro atoms. The molecule has 90 valence electrons. The summed E-state index contributed by atoms with van der Waals surface area (Å²) < 4.78 is 0. The van der Waals surface area contributed by atoms with Crippen LogP contribution in [0.4, 0.5) is 0 Å². The highest BCUT2D eigenvalue weighted by molar-refractivity contribution is 4.79. The van der Waals surface area contributed by atoms with Gasteiger partial charge in [-0.1, -0.05) is 0 Å². The van der Waals surface area contributed by atoms with Crippen molar-refractivity contribution in [1.82, 2.24) is 4.90 Å². The van der Waals surface area contributed by atoms with Crippen molar-refractivity contribution in [2.24, 2.45) is 11.8 Å². The maximum atomic E-state index is 5.29. The largest absolute Gasteiger partial charge is 0.301 e. The third-order valence-electron chi connectivity index (χ3n) is 3.48. The third-order valence-corrected chi connectivity index (χ3v) is 3.48. The average molecular weight is 214 g/mol. The second kappa shape index (κ2) is 5.28. The highest BCUT2D eigenvalue weighted by Gasteiger charge is 2.27. The molecule has 0 radical (unpaired) electrons. The number of nitrogens with zero attached hydrogens (tertiary/aromatic N) is 1. The van der Waals surface area contributed by atoms with Gasteiger partial charge in [-0.15, -0.1) is 0 Å². The lowest BCUT2D eigenvalue weighted by atomic mass is 9.86. The van der Waals surface area contributed by atoms with Gasteiger partial charge < -0.3 is 4.90 Å². The van der Waals surface area contributed by atoms with Crippen molar-refractivity contribution in [1.29, 1.82) is 0 Å². The highest BCUT2D eigenvalue weighted by Crippen LogP contribution is 2.28. The van der Waals surface area contributed by atoms with E-state index in [-0.39, 0.29) is 5.60 Å². The first-order chi connectivity index (χ1) is 6.94. The number of piperidine rings is 1. The average Bonchev–Trinajstić information content (AvgIpc) is 2.18. The predicted molar refractivity (Wildman–Crippen MR) is 63.4 cm³/mol. The Kier molecular flexibility index (Phi) is 4.56. The molecular formula is C12H26N2O. The highest BCUT2D eigenvalue weighted by atomic mass is 16.6. The zero-order valence-corrected chi connectivity index (χ0v) is 10.6. The van der Waals surface area contributed by atoms with Crippen LogP contribution in [0.2, 0.25) is 0 Å². The molecule has 0 bridgehead atoms. The van der Waals surface area contributed by atoms with Gasteiger partial charge in [0.2, 0.25) is 0 Å². The van der Waals surface area contributed by atoms with Gasteiger partial charge in [-0.25, -0.2) is 5.90 Å². The van der Waals surface area contributed by atoms with E-state index in [0.29, 0.717) is 6.04 Å². The molecule has 1 aliphatic rings. The maximum Gasteiger partial charge on any atom is 0.0840 e. The Morgan fingerprint density at radius 2 is 1.87 bits per heavy atom. The number of nitrogens with two attached hydrogens (primary N) is 1. The van der Waals surface area contributed by atoms with E-state index in [4.69, 9.17) is 10.7 Å². The molecule has 0 aliphatic carbocycles. The molecule has 1 heterocycles. The van der Waals surface area contributed by atoms with E-state index in [2.05, 4.69) is 32.6 Å². The molecule has 0 amide bonds. The first-order valence-electron chi connectivity index (χ1n) is 6.06. The Morgan fingerprint density at radius 3 is 2.27 bits per heavy atom. The molecule has 2 N–H and O–H groups in total. The lowest BCUT2D eigenvalue weighted by Crippen LogP contribution is -2.40. The monoisotopic (exact) mass is 214 g/mol. The molecule has 3 heteroatoms. The Labute approximate surface area is 93.9 Å². The molecule has 1 aliphatic heterocycles. The van der Waals surface area contributed by atoms with E-state index in [1.807, 2.05) is 0 Å². The first-order valence-corrected chi connectivity index (χ1v) is 6.06. The van der Waals surface area contributed by atoms with Gasteiger partial charge in [-0.05, 0) is 66.0 Å². The zero-order valence-electron chi connectivity index (χ0n) is 10.6. The standard InChI is InChI=1S/C12H26N2O/c1-10(2)14-7-5-11(6-8-14)9-12(3,4)15-13/h10-11H,5-9,13H2,1-4H3. The van der Waals surface area contributed by atoms with Crippen LogP contribution in [-0.4, -0.2) is 29.6 Å². The zero-order chi connectivity index (χ0) is 11.5. The van der Waals surface area contributed by atoms with Crippen LogP contribution in [-0.2, 0) is 4.84 Å². The van der Waals surface area contributed by atoms with Crippen molar-refractivity contribution in [3.8, 4) is 0 Å². The van der Waals surface area contributed by atoms with Gasteiger partial charge in [-0.3, -0.25) is 4.84 Å². The summed E-state index contributed by atoms with van der Waals surface area (Å²) in [7, 11) is 0. The van der Waals surface area contributed by atoms with E-state index >= 15 is 0 Å². The van der Waals surface area contributed by atoms with Crippen molar-refractivity contribution in [2.75, 3.05) is 13.1 Å². The molecular weight excluding hydrogens is 188 g/mol. The Balaban J connectivity index is 2.32. The minimum atomic E-state index is -0.162. The summed E-state index contributed by atoms with van der Waals surface area (Å²) in [6, 6.07) is 0.685. The molecule has 1 rings (SSSR count). The number of likely N-dealkylation sites (tertiary alicyclic amines) is 1. The van der Waals surface area contributed by atoms with Gasteiger partial charge in [0.15, 0.2) is 0 Å². The summed E-state index contributed by atoms with van der Waals surface area (Å²) in [4.78, 5) is 7.55. The Morgan fingerprint density at radius 1 is 1.33 bits per heavy atom. The molecule has 0 aromatic carbocycles. The molecule has 0 aromatic rings. The minimum Gasteiger partial charge on any atom is -0.301 e. The molecule has 3 nitrogen and oxygen atoms in total. The summed E-state index contributed by atoms with van der Waals surface area (Å²) in [6.07, 6.45) is 3.64. The predicted octanol–water partition coefficient (Wildman–Crippen LogP) is 2.17. The van der Waals surface area contributed by atoms with Crippen LogP contribution in [0.5, 0.6) is 0 Å². The summed E-state index contributed by atoms with van der Waals surface area (Å²) in [5, 5.41) is 0. The molecule has 0 unspecified atom stereocenters. The van der Waals surface area contributed by atoms with Crippen molar-refractivity contribution in [3.63, 3.8) is 0 Å². The molecule has 1 fully saturated rings. The van der Waals surface area contributed by atoms with Crippen LogP contribution >= 0.6 is 0 Å². The van der Waals surface area contributed by atoms with Gasteiger partial charge in [0.25, 0.3) is 0 Å². The summed E-state index contributed by atoms with van der Waals surface area (Å²) in [5.74, 6) is 6.07. The Hall–Kier alpha value is -0.120. The fraction of sp³-hybridized carbons (Fsp3) is 1.00. The minimum absolute atomic E-state index is 0.162. The summed E-state index contributed by atoms with van der Waals surface area (Å²) >= 11 is 0. The number of rotatable bonds is 4. The van der Waals surface area contributed by atoms with E-state index in [1.54, 1.807) is 0 Å². The van der Waals surface area contributed by atoms with Gasteiger partial charge in [0.1, 0.15) is 0 Å². The summed E-state index contributed by atoms with van der Waals surface area (Å²) in [5.41, 5.74) is -0.162. The topological polar surface area (TPSA) is 38.5 Å². The SMILES string of the molecule is CC(C)N1CCC(CC(C)(C)ON)CC1. The van der Waals surface area contributed by atoms with Gasteiger partial charge in [0.05, 0.1) is 5.60 Å². The fourth-order valence-electron chi connectivity index (χ4n) is 2.42. The quantitative estimate of drug-likeness (QED) is 0.729. The normalized spacial score (nSPS) is 21.2. The lowest BCUT2D eigenvalue weighted by Gasteiger charge is -2.37. The molecule has 0 aromatic heterocycles. The van der Waals surface area contributed by atoms with E-state index in [1.165, 1.54) is 25.9 Å². The fourth-order valence-corrected chi connectivity index (χ4v) is 2.42. The third kappa shape index (κ3) is 4.09. The second-order valence-corrected chi connectivity index (χ2v) is 5.65. The van der Waals surface area contributed by atoms with Crippen LogP contribution in [0, 0.1) is 5.92 Å². The molecule has 15 heavy (non-hydrogen) atoms. The van der Waals surface area contributed by atoms with Crippen LogP contribution in [0.25, 0.3) is 0 Å². The second-order valence-electron chi connectivity index (χ2n) is 5.65.